The van der Waals surface area contributed by atoms with E-state index in [1.54, 1.807) is 0 Å². The van der Waals surface area contributed by atoms with E-state index in [0.29, 0.717) is 12.8 Å². The summed E-state index contributed by atoms with van der Waals surface area (Å²) in [6.45, 7) is 4.53. The molecular formula is C48H90O4. The number of carboxylic acids is 1. The first-order valence-corrected chi connectivity index (χ1v) is 23.3. The maximum absolute atomic E-state index is 12.8. The second-order valence-electron chi connectivity index (χ2n) is 15.9. The topological polar surface area (TPSA) is 63.6 Å². The lowest BCUT2D eigenvalue weighted by atomic mass is 10.0. The molecule has 0 saturated carbocycles. The third kappa shape index (κ3) is 42.8. The van der Waals surface area contributed by atoms with Gasteiger partial charge in [0.1, 0.15) is 6.10 Å². The minimum atomic E-state index is -0.670. The lowest BCUT2D eigenvalue weighted by molar-refractivity contribution is -0.150. The number of carbonyl (C=O) groups is 2. The second kappa shape index (κ2) is 43.8. The number of carbonyl (C=O) groups excluding carboxylic acids is 1. The molecule has 0 bridgehead atoms. The molecule has 1 atom stereocenters. The van der Waals surface area contributed by atoms with Gasteiger partial charge >= 0.3 is 11.9 Å². The summed E-state index contributed by atoms with van der Waals surface area (Å²) < 4.78 is 6.07. The third-order valence-electron chi connectivity index (χ3n) is 10.7. The molecule has 0 aliphatic heterocycles. The van der Waals surface area contributed by atoms with Gasteiger partial charge in [-0.3, -0.25) is 9.59 Å². The summed E-state index contributed by atoms with van der Waals surface area (Å²) in [7, 11) is 0. The first kappa shape index (κ1) is 50.4. The van der Waals surface area contributed by atoms with Gasteiger partial charge in [-0.25, -0.2) is 0 Å². The number of hydrogen-bond acceptors (Lipinski definition) is 3. The van der Waals surface area contributed by atoms with E-state index in [1.165, 1.54) is 193 Å². The molecule has 0 amide bonds. The molecule has 306 valence electrons. The van der Waals surface area contributed by atoms with Gasteiger partial charge in [0, 0.05) is 12.8 Å². The van der Waals surface area contributed by atoms with Crippen LogP contribution in [0.4, 0.5) is 0 Å². The molecule has 52 heavy (non-hydrogen) atoms. The van der Waals surface area contributed by atoms with Crippen LogP contribution >= 0.6 is 0 Å². The monoisotopic (exact) mass is 731 g/mol. The molecule has 0 aromatic rings. The van der Waals surface area contributed by atoms with Crippen molar-refractivity contribution in [3.05, 3.63) is 24.3 Å². The maximum Gasteiger partial charge on any atom is 0.306 e. The van der Waals surface area contributed by atoms with Crippen molar-refractivity contribution in [2.75, 3.05) is 0 Å². The smallest absolute Gasteiger partial charge is 0.306 e. The number of aliphatic carboxylic acids is 1. The van der Waals surface area contributed by atoms with Crippen LogP contribution in [-0.4, -0.2) is 23.1 Å². The summed E-state index contributed by atoms with van der Waals surface area (Å²) in [6.07, 6.45) is 56.6. The van der Waals surface area contributed by atoms with Crippen LogP contribution in [0, 0.1) is 0 Å². The molecule has 0 heterocycles. The summed E-state index contributed by atoms with van der Waals surface area (Å²) in [5.41, 5.74) is 0. The van der Waals surface area contributed by atoms with Gasteiger partial charge in [0.05, 0.1) is 0 Å². The number of hydrogen-bond donors (Lipinski definition) is 1. The Morgan fingerprint density at radius 1 is 0.423 bits per heavy atom. The van der Waals surface area contributed by atoms with Crippen LogP contribution in [0.3, 0.4) is 0 Å². The van der Waals surface area contributed by atoms with Crippen molar-refractivity contribution < 1.29 is 19.4 Å². The van der Waals surface area contributed by atoms with Crippen molar-refractivity contribution in [1.29, 1.82) is 0 Å². The fourth-order valence-corrected chi connectivity index (χ4v) is 7.22. The maximum atomic E-state index is 12.8. The molecule has 1 N–H and O–H groups in total. The van der Waals surface area contributed by atoms with Crippen LogP contribution in [0.15, 0.2) is 24.3 Å². The predicted molar refractivity (Wildman–Crippen MR) is 227 cm³/mol. The van der Waals surface area contributed by atoms with Gasteiger partial charge in [-0.2, -0.15) is 0 Å². The quantitative estimate of drug-likeness (QED) is 0.0385. The van der Waals surface area contributed by atoms with E-state index < -0.39 is 5.97 Å². The van der Waals surface area contributed by atoms with Gasteiger partial charge < -0.3 is 9.84 Å². The molecular weight excluding hydrogens is 641 g/mol. The van der Waals surface area contributed by atoms with Gasteiger partial charge in [0.25, 0.3) is 0 Å². The number of ether oxygens (including phenoxy) is 1. The molecule has 0 aliphatic rings. The first-order chi connectivity index (χ1) is 25.6. The first-order valence-electron chi connectivity index (χ1n) is 23.3. The fourth-order valence-electron chi connectivity index (χ4n) is 7.22. The minimum Gasteiger partial charge on any atom is -0.481 e. The average molecular weight is 731 g/mol. The van der Waals surface area contributed by atoms with Crippen LogP contribution in [0.1, 0.15) is 264 Å². The zero-order valence-corrected chi connectivity index (χ0v) is 35.1. The molecule has 1 unspecified atom stereocenters. The molecule has 4 heteroatoms. The number of rotatable bonds is 43. The van der Waals surface area contributed by atoms with E-state index in [1.807, 2.05) is 0 Å². The molecule has 0 saturated heterocycles. The zero-order chi connectivity index (χ0) is 37.8. The van der Waals surface area contributed by atoms with Gasteiger partial charge in [0.15, 0.2) is 0 Å². The molecule has 0 rings (SSSR count). The Kier molecular flexibility index (Phi) is 42.5. The Bertz CT molecular complexity index is 787. The van der Waals surface area contributed by atoms with Crippen molar-refractivity contribution in [2.24, 2.45) is 0 Å². The van der Waals surface area contributed by atoms with Gasteiger partial charge in [-0.15, -0.1) is 0 Å². The molecule has 0 spiro atoms. The van der Waals surface area contributed by atoms with Crippen molar-refractivity contribution in [3.63, 3.8) is 0 Å². The third-order valence-corrected chi connectivity index (χ3v) is 10.7. The van der Waals surface area contributed by atoms with Crippen LogP contribution in [0.2, 0.25) is 0 Å². The largest absolute Gasteiger partial charge is 0.481 e. The Hall–Kier alpha value is -1.58. The van der Waals surface area contributed by atoms with Crippen LogP contribution in [-0.2, 0) is 14.3 Å². The normalized spacial score (nSPS) is 12.3. The van der Waals surface area contributed by atoms with Crippen LogP contribution in [0.25, 0.3) is 0 Å². The average Bonchev–Trinajstić information content (AvgIpc) is 3.13. The zero-order valence-electron chi connectivity index (χ0n) is 35.1. The highest BCUT2D eigenvalue weighted by atomic mass is 16.5. The second-order valence-corrected chi connectivity index (χ2v) is 15.9. The molecule has 4 nitrogen and oxygen atoms in total. The van der Waals surface area contributed by atoms with E-state index >= 15 is 0 Å². The van der Waals surface area contributed by atoms with E-state index in [2.05, 4.69) is 38.2 Å². The summed E-state index contributed by atoms with van der Waals surface area (Å²) >= 11 is 0. The highest BCUT2D eigenvalue weighted by Crippen LogP contribution is 2.19. The Labute approximate surface area is 325 Å². The number of allylic oxidation sites excluding steroid dienone is 4. The Balaban J connectivity index is 3.88. The van der Waals surface area contributed by atoms with Crippen LogP contribution in [0.5, 0.6) is 0 Å². The molecule has 0 aliphatic carbocycles. The summed E-state index contributed by atoms with van der Waals surface area (Å²) in [6, 6.07) is 0. The fraction of sp³-hybridized carbons (Fsp3) is 0.875. The minimum absolute atomic E-state index is 0.0426. The van der Waals surface area contributed by atoms with E-state index in [4.69, 9.17) is 9.84 Å². The predicted octanol–water partition coefficient (Wildman–Crippen LogP) is 16.3. The van der Waals surface area contributed by atoms with Gasteiger partial charge in [-0.1, -0.05) is 205 Å². The van der Waals surface area contributed by atoms with E-state index in [-0.39, 0.29) is 12.1 Å². The van der Waals surface area contributed by atoms with E-state index in [0.717, 1.165) is 44.9 Å². The van der Waals surface area contributed by atoms with E-state index in [9.17, 15) is 9.59 Å². The number of carboxylic acid groups (broad SMARTS) is 1. The number of unbranched alkanes of at least 4 members (excludes halogenated alkanes) is 30. The van der Waals surface area contributed by atoms with Gasteiger partial charge in [0.2, 0.25) is 0 Å². The molecule has 0 radical (unpaired) electrons. The van der Waals surface area contributed by atoms with Crippen molar-refractivity contribution in [1.82, 2.24) is 0 Å². The molecule has 0 aromatic heterocycles. The SMILES string of the molecule is CCCCC/C=C\C/C=C\CCCCCCCCCCCCCC(=O)OC(CCCCCCCCC)CCCCCCCCCCCCCC(=O)O. The molecule has 0 aromatic carbocycles. The van der Waals surface area contributed by atoms with Crippen molar-refractivity contribution in [3.8, 4) is 0 Å². The summed E-state index contributed by atoms with van der Waals surface area (Å²) in [4.78, 5) is 23.3. The highest BCUT2D eigenvalue weighted by molar-refractivity contribution is 5.69. The summed E-state index contributed by atoms with van der Waals surface area (Å²) in [5, 5.41) is 8.72. The Morgan fingerprint density at radius 2 is 0.750 bits per heavy atom. The lowest BCUT2D eigenvalue weighted by Gasteiger charge is -2.18. The van der Waals surface area contributed by atoms with Crippen molar-refractivity contribution in [2.45, 2.75) is 270 Å². The summed E-state index contributed by atoms with van der Waals surface area (Å²) in [5.74, 6) is -0.627. The standard InChI is InChI=1S/C48H90O4/c1-3-5-7-9-11-12-13-14-15-16-17-18-19-20-21-22-26-29-33-37-41-45-48(51)52-46(42-38-34-30-10-8-6-4-2)43-39-35-31-27-24-23-25-28-32-36-40-44-47(49)50/h11-12,14-15,46H,3-10,13,16-45H2,1-2H3,(H,49,50)/b12-11-,15-14-. The van der Waals surface area contributed by atoms with Crippen molar-refractivity contribution >= 4 is 11.9 Å². The number of esters is 1. The van der Waals surface area contributed by atoms with Crippen LogP contribution < -0.4 is 0 Å². The lowest BCUT2D eigenvalue weighted by Crippen LogP contribution is -2.18. The highest BCUT2D eigenvalue weighted by Gasteiger charge is 2.14. The molecule has 0 fully saturated rings. The Morgan fingerprint density at radius 3 is 1.17 bits per heavy atom. The van der Waals surface area contributed by atoms with Gasteiger partial charge in [-0.05, 0) is 70.6 Å².